The Morgan fingerprint density at radius 2 is 1.93 bits per heavy atom. The van der Waals surface area contributed by atoms with Crippen LogP contribution in [0.4, 0.5) is 5.69 Å². The molecule has 5 rings (SSSR count). The number of nitrogens with one attached hydrogen (secondary N) is 1. The number of aliphatic hydroxyl groups is 1. The predicted octanol–water partition coefficient (Wildman–Crippen LogP) is 3.24. The fourth-order valence-corrected chi connectivity index (χ4v) is 8.44. The van der Waals surface area contributed by atoms with Crippen LogP contribution in [0.1, 0.15) is 70.8 Å². The second-order valence-corrected chi connectivity index (χ2v) is 12.9. The number of nitrogens with zero attached hydrogens (tertiary/aromatic N) is 2. The Morgan fingerprint density at radius 3 is 2.67 bits per heavy atom. The van der Waals surface area contributed by atoms with Crippen molar-refractivity contribution in [3.63, 3.8) is 0 Å². The highest BCUT2D eigenvalue weighted by molar-refractivity contribution is 5.96. The van der Waals surface area contributed by atoms with Crippen molar-refractivity contribution >= 4 is 23.3 Å². The second kappa shape index (κ2) is 11.9. The molecule has 5 unspecified atom stereocenters. The normalized spacial score (nSPS) is 33.5. The third-order valence-electron chi connectivity index (χ3n) is 10.8. The van der Waals surface area contributed by atoms with Crippen molar-refractivity contribution < 1.29 is 39.8 Å². The quantitative estimate of drug-likeness (QED) is 0.265. The molecule has 1 aromatic rings. The molecule has 0 spiro atoms. The molecule has 7 atom stereocenters. The van der Waals surface area contributed by atoms with E-state index < -0.39 is 30.3 Å². The Hall–Kier alpha value is -3.15. The Kier molecular flexibility index (Phi) is 8.55. The minimum atomic E-state index is -1.08. The number of methoxy groups -OCH3 is 1. The van der Waals surface area contributed by atoms with Gasteiger partial charge in [-0.05, 0) is 97.7 Å². The summed E-state index contributed by atoms with van der Waals surface area (Å²) in [5, 5.41) is 47.5. The highest BCUT2D eigenvalue weighted by atomic mass is 16.8. The molecule has 11 nitrogen and oxygen atoms in total. The first kappa shape index (κ1) is 30.3. The molecule has 1 aromatic carbocycles. The summed E-state index contributed by atoms with van der Waals surface area (Å²) in [4.78, 5) is 30.4. The second-order valence-electron chi connectivity index (χ2n) is 12.9. The van der Waals surface area contributed by atoms with Crippen LogP contribution in [0.3, 0.4) is 0 Å². The molecule has 4 aliphatic rings. The van der Waals surface area contributed by atoms with Crippen molar-refractivity contribution in [1.82, 2.24) is 5.32 Å². The monoisotopic (exact) mass is 584 g/mol. The fourth-order valence-electron chi connectivity index (χ4n) is 8.44. The van der Waals surface area contributed by atoms with Crippen molar-refractivity contribution in [3.8, 4) is 5.75 Å². The first-order chi connectivity index (χ1) is 20.0. The number of benzene rings is 1. The van der Waals surface area contributed by atoms with Gasteiger partial charge < -0.3 is 25.1 Å². The minimum Gasteiger partial charge on any atom is -0.871 e. The Bertz CT molecular complexity index is 1260. The molecule has 0 aliphatic heterocycles. The van der Waals surface area contributed by atoms with E-state index in [0.29, 0.717) is 23.3 Å². The molecule has 0 heterocycles. The lowest BCUT2D eigenvalue weighted by molar-refractivity contribution is -0.268. The number of amides is 1. The van der Waals surface area contributed by atoms with Crippen LogP contribution in [0.5, 0.6) is 5.75 Å². The summed E-state index contributed by atoms with van der Waals surface area (Å²) in [6, 6.07) is 2.70. The third kappa shape index (κ3) is 5.61. The number of ether oxygens (including phenoxy) is 1. The molecule has 230 valence electrons. The van der Waals surface area contributed by atoms with Gasteiger partial charge in [0.25, 0.3) is 5.91 Å². The molecule has 0 saturated heterocycles. The van der Waals surface area contributed by atoms with Crippen molar-refractivity contribution in [2.75, 3.05) is 18.9 Å². The number of carbonyl (C=O) groups is 2. The number of hydrogen-bond acceptors (Lipinski definition) is 10. The van der Waals surface area contributed by atoms with E-state index in [1.165, 1.54) is 24.8 Å². The Labute approximate surface area is 246 Å². The largest absolute Gasteiger partial charge is 0.871 e. The number of rotatable bonds is 8. The Morgan fingerprint density at radius 1 is 1.14 bits per heavy atom. The van der Waals surface area contributed by atoms with E-state index in [9.17, 15) is 30.2 Å². The van der Waals surface area contributed by atoms with Gasteiger partial charge in [0.2, 0.25) is 0 Å². The molecule has 11 heteroatoms. The van der Waals surface area contributed by atoms with Crippen LogP contribution >= 0.6 is 0 Å². The van der Waals surface area contributed by atoms with Gasteiger partial charge in [0.05, 0.1) is 24.6 Å². The molecule has 0 radical (unpaired) electrons. The van der Waals surface area contributed by atoms with Crippen LogP contribution in [0, 0.1) is 28.6 Å². The topological polar surface area (TPSA) is 164 Å². The van der Waals surface area contributed by atoms with E-state index in [2.05, 4.69) is 30.4 Å². The molecule has 3 saturated carbocycles. The van der Waals surface area contributed by atoms with Gasteiger partial charge in [0.15, 0.2) is 6.61 Å². The lowest BCUT2D eigenvalue weighted by Crippen LogP contribution is -2.51. The SMILES string of the molecule is COC(=O)C(Cc1ccc([O-])c(N(O)O)c1)NC(=O)CON=C1C=C2CCC3C4CCC(O)[C@@]4(C)CCC3[C@@]2(C)CC1. The number of carbonyl (C=O) groups excluding carboxylic acids is 2. The summed E-state index contributed by atoms with van der Waals surface area (Å²) in [7, 11) is 1.19. The molecule has 1 amide bonds. The zero-order chi connectivity index (χ0) is 30.2. The molecular formula is C31H42N3O8-. The molecule has 4 N–H and O–H groups in total. The summed E-state index contributed by atoms with van der Waals surface area (Å²) in [6.07, 6.45) is 10.1. The molecule has 3 fully saturated rings. The van der Waals surface area contributed by atoms with Crippen molar-refractivity contribution in [2.24, 2.45) is 33.7 Å². The van der Waals surface area contributed by atoms with Gasteiger partial charge in [-0.15, -0.1) is 5.23 Å². The van der Waals surface area contributed by atoms with Gasteiger partial charge in [-0.2, -0.15) is 0 Å². The molecule has 0 bridgehead atoms. The summed E-state index contributed by atoms with van der Waals surface area (Å²) in [6.45, 7) is 4.30. The van der Waals surface area contributed by atoms with Gasteiger partial charge in [0.1, 0.15) is 6.04 Å². The van der Waals surface area contributed by atoms with Gasteiger partial charge >= 0.3 is 5.97 Å². The van der Waals surface area contributed by atoms with Gasteiger partial charge in [-0.25, -0.2) is 4.79 Å². The Balaban J connectivity index is 1.19. The first-order valence-electron chi connectivity index (χ1n) is 14.9. The van der Waals surface area contributed by atoms with Crippen molar-refractivity contribution in [1.29, 1.82) is 0 Å². The molecular weight excluding hydrogens is 542 g/mol. The van der Waals surface area contributed by atoms with Crippen LogP contribution in [0.15, 0.2) is 35.0 Å². The van der Waals surface area contributed by atoms with Gasteiger partial charge in [-0.3, -0.25) is 15.2 Å². The maximum absolute atomic E-state index is 12.6. The first-order valence-corrected chi connectivity index (χ1v) is 14.9. The van der Waals surface area contributed by atoms with E-state index >= 15 is 0 Å². The van der Waals surface area contributed by atoms with E-state index in [4.69, 9.17) is 9.57 Å². The highest BCUT2D eigenvalue weighted by Crippen LogP contribution is 2.65. The summed E-state index contributed by atoms with van der Waals surface area (Å²) < 4.78 is 4.80. The van der Waals surface area contributed by atoms with Crippen LogP contribution in [-0.2, 0) is 25.6 Å². The molecule has 42 heavy (non-hydrogen) atoms. The number of allylic oxidation sites excluding steroid dienone is 2. The third-order valence-corrected chi connectivity index (χ3v) is 10.8. The number of fused-ring (bicyclic) bond motifs is 5. The fraction of sp³-hybridized carbons (Fsp3) is 0.645. The number of esters is 1. The zero-order valence-corrected chi connectivity index (χ0v) is 24.5. The van der Waals surface area contributed by atoms with Crippen LogP contribution < -0.4 is 15.6 Å². The lowest BCUT2D eigenvalue weighted by Gasteiger charge is -2.57. The van der Waals surface area contributed by atoms with Crippen LogP contribution in [0.2, 0.25) is 0 Å². The number of anilines is 1. The number of oxime groups is 1. The van der Waals surface area contributed by atoms with E-state index in [1.807, 2.05) is 0 Å². The molecule has 0 aromatic heterocycles. The summed E-state index contributed by atoms with van der Waals surface area (Å²) in [5.74, 6) is -0.0178. The lowest BCUT2D eigenvalue weighted by atomic mass is 9.47. The maximum Gasteiger partial charge on any atom is 0.328 e. The van der Waals surface area contributed by atoms with Gasteiger partial charge in [-0.1, -0.05) is 42.5 Å². The summed E-state index contributed by atoms with van der Waals surface area (Å²) >= 11 is 0. The smallest absolute Gasteiger partial charge is 0.328 e. The van der Waals surface area contributed by atoms with Crippen molar-refractivity contribution in [2.45, 2.75) is 83.8 Å². The molecule has 4 aliphatic carbocycles. The van der Waals surface area contributed by atoms with Crippen molar-refractivity contribution in [3.05, 3.63) is 35.4 Å². The number of aliphatic hydroxyl groups excluding tert-OH is 1. The average molecular weight is 585 g/mol. The average Bonchev–Trinajstić information content (AvgIpc) is 3.27. The van der Waals surface area contributed by atoms with E-state index in [-0.39, 0.29) is 34.3 Å². The van der Waals surface area contributed by atoms with Crippen LogP contribution in [0.25, 0.3) is 0 Å². The predicted molar refractivity (Wildman–Crippen MR) is 151 cm³/mol. The number of hydrogen-bond donors (Lipinski definition) is 4. The zero-order valence-electron chi connectivity index (χ0n) is 24.5. The summed E-state index contributed by atoms with van der Waals surface area (Å²) in [5.41, 5.74) is 2.42. The highest BCUT2D eigenvalue weighted by Gasteiger charge is 2.58. The van der Waals surface area contributed by atoms with Gasteiger partial charge in [0, 0.05) is 6.42 Å². The maximum atomic E-state index is 12.6. The van der Waals surface area contributed by atoms with E-state index in [0.717, 1.165) is 63.1 Å². The minimum absolute atomic E-state index is 0.0418. The van der Waals surface area contributed by atoms with E-state index in [1.54, 1.807) is 0 Å². The van der Waals surface area contributed by atoms with Crippen LogP contribution in [-0.4, -0.2) is 59.0 Å². The standard InChI is InChI=1S/C31H43N3O8/c1-30-12-10-20(16-19(30)5-6-21-22-7-9-27(36)31(22,2)13-11-23(21)30)33-42-17-28(37)32-24(29(38)41-3)14-18-4-8-26(35)25(15-18)34(39)40/h4,8,15-16,21-24,27,35-36,39-40H,5-7,9-14,17H2,1-3H3,(H,32,37)/p-1/t21?,22?,23?,24?,27?,30-,31-/m0/s1.